The fourth-order valence-electron chi connectivity index (χ4n) is 10.4. The molecular formula is C33H49NO8. The van der Waals surface area contributed by atoms with Crippen molar-refractivity contribution in [1.82, 2.24) is 5.32 Å². The third-order valence-electron chi connectivity index (χ3n) is 12.8. The van der Waals surface area contributed by atoms with Gasteiger partial charge in [0.2, 0.25) is 0 Å². The quantitative estimate of drug-likeness (QED) is 0.314. The summed E-state index contributed by atoms with van der Waals surface area (Å²) in [6.45, 7) is 9.60. The van der Waals surface area contributed by atoms with Gasteiger partial charge in [0.15, 0.2) is 12.1 Å². The number of Topliss-reactive ketones (excluding diaryl/α,β-unsaturated/α-hetero) is 1. The summed E-state index contributed by atoms with van der Waals surface area (Å²) in [4.78, 5) is 14.5. The molecule has 5 fully saturated rings. The van der Waals surface area contributed by atoms with Gasteiger partial charge in [-0.25, -0.2) is 0 Å². The third-order valence-corrected chi connectivity index (χ3v) is 12.8. The number of rotatable bonds is 3. The van der Waals surface area contributed by atoms with Crippen molar-refractivity contribution >= 4 is 5.78 Å². The van der Waals surface area contributed by atoms with E-state index in [9.17, 15) is 25.2 Å². The van der Waals surface area contributed by atoms with E-state index in [1.165, 1.54) is 11.1 Å². The van der Waals surface area contributed by atoms with Crippen molar-refractivity contribution in [3.05, 3.63) is 22.8 Å². The molecule has 4 aliphatic carbocycles. The molecule has 42 heavy (non-hydrogen) atoms. The molecule has 0 amide bonds. The SMILES string of the molecule is CC1=C2C(=O)[C@H]3[C@H](CC=C4C[C@@H](O[C@H]5O[C@H](CO)[C@@H](O)[C@H](O)[C@H]5O)CC[C@@]43C)[C@@H]2CC[C@]12O[C@H]1C[C@H](C)CN[C@H]1[C@H]2C. The number of piperidine rings is 1. The van der Waals surface area contributed by atoms with Crippen LogP contribution in [0.3, 0.4) is 0 Å². The normalized spacial score (nSPS) is 53.9. The van der Waals surface area contributed by atoms with Gasteiger partial charge in [-0.2, -0.15) is 0 Å². The second-order valence-corrected chi connectivity index (χ2v) is 14.9. The molecule has 2 saturated carbocycles. The fraction of sp³-hybridized carbons (Fsp3) is 0.848. The van der Waals surface area contributed by atoms with Gasteiger partial charge in [-0.15, -0.1) is 0 Å². The highest BCUT2D eigenvalue weighted by Gasteiger charge is 2.63. The van der Waals surface area contributed by atoms with Crippen LogP contribution in [-0.2, 0) is 19.0 Å². The number of carbonyl (C=O) groups is 1. The van der Waals surface area contributed by atoms with Gasteiger partial charge in [-0.1, -0.05) is 32.4 Å². The number of fused-ring (bicyclic) bond motifs is 6. The lowest BCUT2D eigenvalue weighted by molar-refractivity contribution is -0.312. The van der Waals surface area contributed by atoms with Crippen LogP contribution in [0.2, 0.25) is 0 Å². The van der Waals surface area contributed by atoms with E-state index >= 15 is 0 Å². The number of aliphatic hydroxyl groups is 4. The van der Waals surface area contributed by atoms with Crippen LogP contribution in [0.5, 0.6) is 0 Å². The van der Waals surface area contributed by atoms with Gasteiger partial charge >= 0.3 is 0 Å². The zero-order chi connectivity index (χ0) is 29.7. The molecule has 0 bridgehead atoms. The summed E-state index contributed by atoms with van der Waals surface area (Å²) in [5.41, 5.74) is 2.89. The number of nitrogens with one attached hydrogen (secondary N) is 1. The molecule has 0 aromatic rings. The first kappa shape index (κ1) is 29.5. The van der Waals surface area contributed by atoms with E-state index in [2.05, 4.69) is 39.1 Å². The zero-order valence-corrected chi connectivity index (χ0v) is 25.4. The molecule has 7 aliphatic rings. The minimum atomic E-state index is -1.46. The molecule has 0 radical (unpaired) electrons. The van der Waals surface area contributed by atoms with Crippen LogP contribution in [-0.4, -0.2) is 93.9 Å². The largest absolute Gasteiger partial charge is 0.394 e. The Hall–Kier alpha value is -1.17. The van der Waals surface area contributed by atoms with E-state index in [4.69, 9.17) is 14.2 Å². The first-order valence-corrected chi connectivity index (χ1v) is 16.3. The summed E-state index contributed by atoms with van der Waals surface area (Å²) in [6.07, 6.45) is 1.93. The Balaban J connectivity index is 1.11. The number of ether oxygens (including phenoxy) is 3. The lowest BCUT2D eigenvalue weighted by Gasteiger charge is -2.49. The topological polar surface area (TPSA) is 138 Å². The number of aliphatic hydroxyl groups excluding tert-OH is 4. The average molecular weight is 588 g/mol. The Morgan fingerprint density at radius 2 is 1.90 bits per heavy atom. The van der Waals surface area contributed by atoms with Gasteiger partial charge in [-0.3, -0.25) is 4.79 Å². The van der Waals surface area contributed by atoms with Crippen molar-refractivity contribution in [2.75, 3.05) is 13.2 Å². The molecule has 3 saturated heterocycles. The maximum atomic E-state index is 14.5. The van der Waals surface area contributed by atoms with E-state index < -0.39 is 37.3 Å². The van der Waals surface area contributed by atoms with Crippen LogP contribution in [0.15, 0.2) is 22.8 Å². The molecule has 9 heteroatoms. The van der Waals surface area contributed by atoms with E-state index in [0.29, 0.717) is 42.4 Å². The van der Waals surface area contributed by atoms with Crippen LogP contribution in [0.1, 0.15) is 72.6 Å². The number of carbonyl (C=O) groups excluding carboxylic acids is 1. The molecule has 5 N–H and O–H groups in total. The summed E-state index contributed by atoms with van der Waals surface area (Å²) < 4.78 is 18.8. The molecule has 15 atom stereocenters. The maximum absolute atomic E-state index is 14.5. The standard InChI is InChI=1S/C33H49NO8/c1-15-11-22-26(34-13-15)17(3)33(42-22)10-8-20-21-6-5-18-12-19(40-31-30(39)29(38)27(36)23(14-35)41-31)7-9-32(18,4)25(21)28(37)24(20)16(33)2/h5,15,17,19-23,25-27,29-31,34-36,38-39H,6-14H2,1-4H3/t15-,17+,19-,20-,21+,22-,23+,25+,26-,27+,29-,30+,31-,32-,33-/m0/s1. The predicted molar refractivity (Wildman–Crippen MR) is 153 cm³/mol. The van der Waals surface area contributed by atoms with Crippen LogP contribution >= 0.6 is 0 Å². The molecule has 3 aliphatic heterocycles. The van der Waals surface area contributed by atoms with Crippen LogP contribution in [0, 0.1) is 35.0 Å². The minimum Gasteiger partial charge on any atom is -0.394 e. The summed E-state index contributed by atoms with van der Waals surface area (Å²) in [7, 11) is 0. The smallest absolute Gasteiger partial charge is 0.186 e. The van der Waals surface area contributed by atoms with Crippen molar-refractivity contribution in [1.29, 1.82) is 0 Å². The molecular weight excluding hydrogens is 538 g/mol. The molecule has 1 spiro atoms. The van der Waals surface area contributed by atoms with E-state index in [1.54, 1.807) is 0 Å². The van der Waals surface area contributed by atoms with Gasteiger partial charge < -0.3 is 40.0 Å². The van der Waals surface area contributed by atoms with Crippen molar-refractivity contribution in [3.8, 4) is 0 Å². The first-order chi connectivity index (χ1) is 20.0. The first-order valence-electron chi connectivity index (χ1n) is 16.3. The minimum absolute atomic E-state index is 0.0482. The lowest BCUT2D eigenvalue weighted by Crippen LogP contribution is -2.60. The van der Waals surface area contributed by atoms with Gasteiger partial charge in [0, 0.05) is 23.5 Å². The summed E-state index contributed by atoms with van der Waals surface area (Å²) in [5, 5.41) is 44.2. The summed E-state index contributed by atoms with van der Waals surface area (Å²) >= 11 is 0. The number of allylic oxidation sites excluding steroid dienone is 2. The number of ketones is 1. The third kappa shape index (κ3) is 4.14. The molecule has 0 aromatic carbocycles. The van der Waals surface area contributed by atoms with Crippen LogP contribution in [0.25, 0.3) is 0 Å². The second kappa shape index (κ2) is 10.4. The Kier molecular flexibility index (Phi) is 7.34. The van der Waals surface area contributed by atoms with Gasteiger partial charge in [0.25, 0.3) is 0 Å². The Morgan fingerprint density at radius 1 is 1.12 bits per heavy atom. The van der Waals surface area contributed by atoms with Crippen LogP contribution < -0.4 is 5.32 Å². The highest BCUT2D eigenvalue weighted by Crippen LogP contribution is 2.64. The summed E-state index contributed by atoms with van der Waals surface area (Å²) in [6, 6.07) is 0.344. The molecule has 3 heterocycles. The Morgan fingerprint density at radius 3 is 2.67 bits per heavy atom. The molecule has 9 nitrogen and oxygen atoms in total. The Labute approximate surface area is 248 Å². The number of hydrogen-bond donors (Lipinski definition) is 5. The Bertz CT molecular complexity index is 1170. The van der Waals surface area contributed by atoms with Crippen molar-refractivity contribution in [3.63, 3.8) is 0 Å². The number of hydrogen-bond acceptors (Lipinski definition) is 9. The maximum Gasteiger partial charge on any atom is 0.186 e. The van der Waals surface area contributed by atoms with E-state index in [1.807, 2.05) is 0 Å². The molecule has 0 unspecified atom stereocenters. The molecule has 0 aromatic heterocycles. The van der Waals surface area contributed by atoms with Gasteiger partial charge in [0.05, 0.1) is 24.4 Å². The lowest BCUT2D eigenvalue weighted by atomic mass is 9.56. The fourth-order valence-corrected chi connectivity index (χ4v) is 10.4. The monoisotopic (exact) mass is 587 g/mol. The highest BCUT2D eigenvalue weighted by molar-refractivity contribution is 6.02. The van der Waals surface area contributed by atoms with Gasteiger partial charge in [-0.05, 0) is 87.2 Å². The molecule has 234 valence electrons. The van der Waals surface area contributed by atoms with Crippen molar-refractivity contribution in [2.45, 2.75) is 127 Å². The van der Waals surface area contributed by atoms with Crippen molar-refractivity contribution < 1.29 is 39.4 Å². The van der Waals surface area contributed by atoms with Crippen LogP contribution in [0.4, 0.5) is 0 Å². The second-order valence-electron chi connectivity index (χ2n) is 14.9. The molecule has 7 rings (SSSR count). The van der Waals surface area contributed by atoms with E-state index in [-0.39, 0.29) is 35.1 Å². The van der Waals surface area contributed by atoms with Crippen molar-refractivity contribution in [2.24, 2.45) is 35.0 Å². The highest BCUT2D eigenvalue weighted by atomic mass is 16.7. The van der Waals surface area contributed by atoms with E-state index in [0.717, 1.165) is 44.2 Å². The zero-order valence-electron chi connectivity index (χ0n) is 25.4. The predicted octanol–water partition coefficient (Wildman–Crippen LogP) is 2.01. The van der Waals surface area contributed by atoms with Gasteiger partial charge in [0.1, 0.15) is 24.4 Å². The average Bonchev–Trinajstić information content (AvgIpc) is 3.42. The summed E-state index contributed by atoms with van der Waals surface area (Å²) in [5.74, 6) is 1.81.